The molecule has 2 aromatic rings. The first kappa shape index (κ1) is 19.0. The topological polar surface area (TPSA) is 38.8 Å². The SMILES string of the molecule is O=C(CN1CCN(Cc2ccccc2)CC1)Nc1ccccc1N1CCCC1. The predicted molar refractivity (Wildman–Crippen MR) is 115 cm³/mol. The fourth-order valence-corrected chi connectivity index (χ4v) is 4.15. The average Bonchev–Trinajstić information content (AvgIpc) is 3.25. The highest BCUT2D eigenvalue weighted by Crippen LogP contribution is 2.28. The number of nitrogens with one attached hydrogen (secondary N) is 1. The summed E-state index contributed by atoms with van der Waals surface area (Å²) in [6.07, 6.45) is 2.46. The summed E-state index contributed by atoms with van der Waals surface area (Å²) in [5, 5.41) is 3.15. The summed E-state index contributed by atoms with van der Waals surface area (Å²) >= 11 is 0. The molecule has 4 rings (SSSR count). The second kappa shape index (κ2) is 9.22. The van der Waals surface area contributed by atoms with Crippen molar-refractivity contribution < 1.29 is 4.79 Å². The lowest BCUT2D eigenvalue weighted by atomic mass is 10.2. The maximum Gasteiger partial charge on any atom is 0.238 e. The summed E-state index contributed by atoms with van der Waals surface area (Å²) < 4.78 is 0. The Hall–Kier alpha value is -2.37. The maximum atomic E-state index is 12.6. The molecule has 0 aliphatic carbocycles. The van der Waals surface area contributed by atoms with Gasteiger partial charge in [-0.2, -0.15) is 0 Å². The highest BCUT2D eigenvalue weighted by molar-refractivity contribution is 5.95. The second-order valence-electron chi connectivity index (χ2n) is 7.80. The van der Waals surface area contributed by atoms with E-state index in [0.29, 0.717) is 6.54 Å². The minimum atomic E-state index is 0.0863. The minimum absolute atomic E-state index is 0.0863. The molecule has 2 fully saturated rings. The van der Waals surface area contributed by atoms with Crippen molar-refractivity contribution in [2.24, 2.45) is 0 Å². The number of anilines is 2. The molecule has 1 amide bonds. The molecule has 0 saturated carbocycles. The van der Waals surface area contributed by atoms with Gasteiger partial charge < -0.3 is 10.2 Å². The van der Waals surface area contributed by atoms with Gasteiger partial charge in [0.2, 0.25) is 5.91 Å². The van der Waals surface area contributed by atoms with Crippen LogP contribution in [-0.4, -0.2) is 61.5 Å². The zero-order valence-electron chi connectivity index (χ0n) is 16.5. The van der Waals surface area contributed by atoms with Crippen LogP contribution in [0.4, 0.5) is 11.4 Å². The van der Waals surface area contributed by atoms with Crippen molar-refractivity contribution in [2.75, 3.05) is 56.0 Å². The normalized spacial score (nSPS) is 18.4. The van der Waals surface area contributed by atoms with Crippen LogP contribution in [-0.2, 0) is 11.3 Å². The Labute approximate surface area is 167 Å². The van der Waals surface area contributed by atoms with Gasteiger partial charge in [-0.25, -0.2) is 0 Å². The molecule has 1 N–H and O–H groups in total. The Morgan fingerprint density at radius 1 is 0.786 bits per heavy atom. The summed E-state index contributed by atoms with van der Waals surface area (Å²) in [5.41, 5.74) is 3.45. The van der Waals surface area contributed by atoms with Crippen LogP contribution in [0.5, 0.6) is 0 Å². The van der Waals surface area contributed by atoms with E-state index in [0.717, 1.165) is 57.2 Å². The summed E-state index contributed by atoms with van der Waals surface area (Å²) in [6.45, 7) is 7.51. The number of nitrogens with zero attached hydrogens (tertiary/aromatic N) is 3. The molecule has 148 valence electrons. The van der Waals surface area contributed by atoms with Crippen LogP contribution in [0.25, 0.3) is 0 Å². The molecule has 5 nitrogen and oxygen atoms in total. The van der Waals surface area contributed by atoms with Crippen molar-refractivity contribution in [1.82, 2.24) is 9.80 Å². The Balaban J connectivity index is 1.26. The molecule has 2 heterocycles. The van der Waals surface area contributed by atoms with Gasteiger partial charge in [0.15, 0.2) is 0 Å². The third-order valence-corrected chi connectivity index (χ3v) is 5.71. The molecule has 0 atom stereocenters. The average molecular weight is 379 g/mol. The highest BCUT2D eigenvalue weighted by atomic mass is 16.2. The smallest absolute Gasteiger partial charge is 0.238 e. The van der Waals surface area contributed by atoms with Crippen LogP contribution in [0.3, 0.4) is 0 Å². The molecule has 0 spiro atoms. The third kappa shape index (κ3) is 4.91. The monoisotopic (exact) mass is 378 g/mol. The summed E-state index contributed by atoms with van der Waals surface area (Å²) in [5.74, 6) is 0.0863. The zero-order chi connectivity index (χ0) is 19.2. The minimum Gasteiger partial charge on any atom is -0.370 e. The van der Waals surface area contributed by atoms with Crippen LogP contribution < -0.4 is 10.2 Å². The molecule has 0 bridgehead atoms. The molecular formula is C23H30N4O. The van der Waals surface area contributed by atoms with Crippen LogP contribution in [0.15, 0.2) is 54.6 Å². The van der Waals surface area contributed by atoms with Crippen molar-refractivity contribution in [1.29, 1.82) is 0 Å². The number of hydrogen-bond acceptors (Lipinski definition) is 4. The van der Waals surface area contributed by atoms with Crippen molar-refractivity contribution in [3.05, 3.63) is 60.2 Å². The van der Waals surface area contributed by atoms with Gasteiger partial charge in [-0.15, -0.1) is 0 Å². The maximum absolute atomic E-state index is 12.6. The van der Waals surface area contributed by atoms with Crippen molar-refractivity contribution in [2.45, 2.75) is 19.4 Å². The van der Waals surface area contributed by atoms with Crippen molar-refractivity contribution in [3.8, 4) is 0 Å². The van der Waals surface area contributed by atoms with E-state index >= 15 is 0 Å². The number of benzene rings is 2. The van der Waals surface area contributed by atoms with E-state index in [1.54, 1.807) is 0 Å². The first-order valence-electron chi connectivity index (χ1n) is 10.4. The standard InChI is InChI=1S/C23H30N4O/c28-23(24-21-10-4-5-11-22(21)27-12-6-7-13-27)19-26-16-14-25(15-17-26)18-20-8-2-1-3-9-20/h1-5,8-11H,6-7,12-19H2,(H,24,28). The van der Waals surface area contributed by atoms with Gasteiger partial charge in [0.25, 0.3) is 0 Å². The number of amides is 1. The highest BCUT2D eigenvalue weighted by Gasteiger charge is 2.20. The number of piperazine rings is 1. The number of carbonyl (C=O) groups excluding carboxylic acids is 1. The molecule has 0 aromatic heterocycles. The lowest BCUT2D eigenvalue weighted by molar-refractivity contribution is -0.117. The van der Waals surface area contributed by atoms with E-state index in [1.807, 2.05) is 12.1 Å². The van der Waals surface area contributed by atoms with Gasteiger partial charge in [0, 0.05) is 45.8 Å². The Morgan fingerprint density at radius 2 is 1.43 bits per heavy atom. The summed E-state index contributed by atoms with van der Waals surface area (Å²) in [7, 11) is 0. The van der Waals surface area contributed by atoms with Gasteiger partial charge in [-0.3, -0.25) is 14.6 Å². The number of hydrogen-bond donors (Lipinski definition) is 1. The van der Waals surface area contributed by atoms with E-state index in [9.17, 15) is 4.79 Å². The van der Waals surface area contributed by atoms with Crippen LogP contribution in [0.2, 0.25) is 0 Å². The first-order chi connectivity index (χ1) is 13.8. The summed E-state index contributed by atoms with van der Waals surface area (Å²) in [6, 6.07) is 18.8. The van der Waals surface area contributed by atoms with Crippen LogP contribution in [0.1, 0.15) is 18.4 Å². The number of para-hydroxylation sites is 2. The molecule has 0 radical (unpaired) electrons. The third-order valence-electron chi connectivity index (χ3n) is 5.71. The first-order valence-corrected chi connectivity index (χ1v) is 10.4. The summed E-state index contributed by atoms with van der Waals surface area (Å²) in [4.78, 5) is 19.7. The number of carbonyl (C=O) groups is 1. The molecule has 5 heteroatoms. The quantitative estimate of drug-likeness (QED) is 0.839. The van der Waals surface area contributed by atoms with Crippen LogP contribution >= 0.6 is 0 Å². The van der Waals surface area contributed by atoms with Gasteiger partial charge in [-0.05, 0) is 30.5 Å². The molecule has 2 saturated heterocycles. The van der Waals surface area contributed by atoms with E-state index < -0.39 is 0 Å². The molecule has 2 aliphatic heterocycles. The predicted octanol–water partition coefficient (Wildman–Crippen LogP) is 3.04. The van der Waals surface area contributed by atoms with E-state index in [1.165, 1.54) is 18.4 Å². The Kier molecular flexibility index (Phi) is 6.24. The molecule has 2 aromatic carbocycles. The second-order valence-corrected chi connectivity index (χ2v) is 7.80. The van der Waals surface area contributed by atoms with Gasteiger partial charge in [0.1, 0.15) is 0 Å². The van der Waals surface area contributed by atoms with Gasteiger partial charge in [0.05, 0.1) is 17.9 Å². The molecule has 2 aliphatic rings. The fourth-order valence-electron chi connectivity index (χ4n) is 4.15. The largest absolute Gasteiger partial charge is 0.370 e. The Morgan fingerprint density at radius 3 is 2.18 bits per heavy atom. The lowest BCUT2D eigenvalue weighted by Gasteiger charge is -2.34. The van der Waals surface area contributed by atoms with Gasteiger partial charge in [-0.1, -0.05) is 42.5 Å². The van der Waals surface area contributed by atoms with E-state index in [4.69, 9.17) is 0 Å². The van der Waals surface area contributed by atoms with E-state index in [-0.39, 0.29) is 5.91 Å². The van der Waals surface area contributed by atoms with Gasteiger partial charge >= 0.3 is 0 Å². The lowest BCUT2D eigenvalue weighted by Crippen LogP contribution is -2.48. The fraction of sp³-hybridized carbons (Fsp3) is 0.435. The van der Waals surface area contributed by atoms with Crippen molar-refractivity contribution >= 4 is 17.3 Å². The van der Waals surface area contributed by atoms with E-state index in [2.05, 4.69) is 62.5 Å². The zero-order valence-corrected chi connectivity index (χ0v) is 16.5. The molecule has 0 unspecified atom stereocenters. The van der Waals surface area contributed by atoms with Crippen LogP contribution in [0, 0.1) is 0 Å². The van der Waals surface area contributed by atoms with Crippen molar-refractivity contribution in [3.63, 3.8) is 0 Å². The molecular weight excluding hydrogens is 348 g/mol. The Bertz CT molecular complexity index is 765. The molecule has 28 heavy (non-hydrogen) atoms. The number of rotatable bonds is 6.